The molecule has 2 atom stereocenters. The van der Waals surface area contributed by atoms with Gasteiger partial charge in [0.2, 0.25) is 0 Å². The summed E-state index contributed by atoms with van der Waals surface area (Å²) >= 11 is 0. The molecule has 2 unspecified atom stereocenters. The Labute approximate surface area is 56.6 Å². The smallest absolute Gasteiger partial charge is 0.0470 e. The molecule has 0 aliphatic carbocycles. The van der Waals surface area contributed by atoms with Crippen LogP contribution in [0.5, 0.6) is 0 Å². The molecule has 1 rings (SSSR count). The van der Waals surface area contributed by atoms with Crippen molar-refractivity contribution in [2.45, 2.75) is 31.4 Å². The van der Waals surface area contributed by atoms with Gasteiger partial charge < -0.3 is 0 Å². The van der Waals surface area contributed by atoms with Crippen LogP contribution in [0, 0.1) is 4.78 Å². The molecule has 0 spiro atoms. The molecule has 54 valence electrons. The average molecular weight is 147 g/mol. The predicted molar refractivity (Wildman–Crippen MR) is 39.0 cm³/mol. The minimum atomic E-state index is -2.14. The third-order valence-electron chi connectivity index (χ3n) is 1.97. The summed E-state index contributed by atoms with van der Waals surface area (Å²) in [5.41, 5.74) is 0. The van der Waals surface area contributed by atoms with Crippen molar-refractivity contribution in [2.75, 3.05) is 5.75 Å². The summed E-state index contributed by atoms with van der Waals surface area (Å²) in [6, 6.07) is 0. The molecule has 1 aliphatic rings. The minimum Gasteiger partial charge on any atom is -0.253 e. The first-order valence-electron chi connectivity index (χ1n) is 3.42. The van der Waals surface area contributed by atoms with E-state index in [1.807, 2.05) is 6.92 Å². The number of nitrogens with one attached hydrogen (secondary N) is 1. The van der Waals surface area contributed by atoms with E-state index in [1.54, 1.807) is 0 Å². The first-order chi connectivity index (χ1) is 4.17. The molecule has 1 fully saturated rings. The van der Waals surface area contributed by atoms with E-state index >= 15 is 0 Å². The summed E-state index contributed by atoms with van der Waals surface area (Å²) in [7, 11) is -2.14. The largest absolute Gasteiger partial charge is 0.253 e. The Morgan fingerprint density at radius 3 is 2.67 bits per heavy atom. The Hall–Kier alpha value is -0.0500. The van der Waals surface area contributed by atoms with Gasteiger partial charge in [0.05, 0.1) is 0 Å². The fraction of sp³-hybridized carbons (Fsp3) is 1.00. The molecular weight excluding hydrogens is 134 g/mol. The third-order valence-corrected chi connectivity index (χ3v) is 4.51. The van der Waals surface area contributed by atoms with Crippen LogP contribution in [0.15, 0.2) is 0 Å². The number of rotatable bonds is 1. The van der Waals surface area contributed by atoms with Crippen molar-refractivity contribution in [1.82, 2.24) is 0 Å². The van der Waals surface area contributed by atoms with Crippen molar-refractivity contribution < 1.29 is 4.21 Å². The van der Waals surface area contributed by atoms with Crippen molar-refractivity contribution in [1.29, 1.82) is 4.78 Å². The van der Waals surface area contributed by atoms with E-state index < -0.39 is 9.73 Å². The topological polar surface area (TPSA) is 40.9 Å². The fourth-order valence-corrected chi connectivity index (χ4v) is 3.37. The van der Waals surface area contributed by atoms with Gasteiger partial charge in [-0.25, -0.2) is 4.21 Å². The molecule has 1 saturated heterocycles. The summed E-state index contributed by atoms with van der Waals surface area (Å²) in [5.74, 6) is 0.644. The molecule has 1 heterocycles. The van der Waals surface area contributed by atoms with Crippen LogP contribution in [-0.2, 0) is 9.73 Å². The monoisotopic (exact) mass is 147 g/mol. The van der Waals surface area contributed by atoms with E-state index in [0.29, 0.717) is 5.75 Å². The molecule has 2 nitrogen and oxygen atoms in total. The van der Waals surface area contributed by atoms with Crippen LogP contribution < -0.4 is 0 Å². The zero-order chi connectivity index (χ0) is 6.91. The van der Waals surface area contributed by atoms with Crippen LogP contribution in [0.3, 0.4) is 0 Å². The first kappa shape index (κ1) is 7.06. The standard InChI is InChI=1S/C6H13NOS/c1-2-6-4-3-5-9(6,7)8/h6-7H,2-5H2,1H3. The van der Waals surface area contributed by atoms with Gasteiger partial charge in [0.15, 0.2) is 0 Å². The highest BCUT2D eigenvalue weighted by atomic mass is 32.2. The minimum absolute atomic E-state index is 0.206. The summed E-state index contributed by atoms with van der Waals surface area (Å²) in [6.07, 6.45) is 2.93. The van der Waals surface area contributed by atoms with Crippen LogP contribution in [0.2, 0.25) is 0 Å². The zero-order valence-corrected chi connectivity index (χ0v) is 6.54. The molecule has 0 bridgehead atoms. The van der Waals surface area contributed by atoms with E-state index in [0.717, 1.165) is 19.3 Å². The Kier molecular flexibility index (Phi) is 1.80. The molecule has 3 heteroatoms. The molecule has 0 radical (unpaired) electrons. The molecular formula is C6H13NOS. The summed E-state index contributed by atoms with van der Waals surface area (Å²) in [5, 5.41) is 0.206. The van der Waals surface area contributed by atoms with Crippen LogP contribution in [-0.4, -0.2) is 15.2 Å². The molecule has 1 N–H and O–H groups in total. The number of hydrogen-bond acceptors (Lipinski definition) is 2. The second kappa shape index (κ2) is 2.29. The molecule has 0 amide bonds. The normalized spacial score (nSPS) is 43.4. The maximum absolute atomic E-state index is 11.2. The highest BCUT2D eigenvalue weighted by molar-refractivity contribution is 7.93. The van der Waals surface area contributed by atoms with E-state index in [1.165, 1.54) is 0 Å². The van der Waals surface area contributed by atoms with Crippen molar-refractivity contribution in [3.63, 3.8) is 0 Å². The van der Waals surface area contributed by atoms with Gasteiger partial charge in [-0.3, -0.25) is 4.78 Å². The summed E-state index contributed by atoms with van der Waals surface area (Å²) in [6.45, 7) is 2.02. The third kappa shape index (κ3) is 1.26. The molecule has 1 aliphatic heterocycles. The van der Waals surface area contributed by atoms with E-state index in [9.17, 15) is 4.21 Å². The van der Waals surface area contributed by atoms with Crippen molar-refractivity contribution >= 4 is 9.73 Å². The predicted octanol–water partition coefficient (Wildman–Crippen LogP) is 1.61. The summed E-state index contributed by atoms with van der Waals surface area (Å²) < 4.78 is 18.6. The van der Waals surface area contributed by atoms with Crippen molar-refractivity contribution in [3.8, 4) is 0 Å². The molecule has 0 aromatic carbocycles. The van der Waals surface area contributed by atoms with Gasteiger partial charge in [-0.2, -0.15) is 0 Å². The van der Waals surface area contributed by atoms with E-state index in [2.05, 4.69) is 0 Å². The molecule has 0 saturated carbocycles. The van der Waals surface area contributed by atoms with Crippen LogP contribution in [0.4, 0.5) is 0 Å². The van der Waals surface area contributed by atoms with Gasteiger partial charge in [-0.05, 0) is 19.3 Å². The van der Waals surface area contributed by atoms with Gasteiger partial charge >= 0.3 is 0 Å². The van der Waals surface area contributed by atoms with Crippen LogP contribution >= 0.6 is 0 Å². The number of hydrogen-bond donors (Lipinski definition) is 1. The zero-order valence-electron chi connectivity index (χ0n) is 5.72. The second-order valence-corrected chi connectivity index (χ2v) is 5.13. The molecule has 0 aromatic heterocycles. The van der Waals surface area contributed by atoms with E-state index in [4.69, 9.17) is 4.78 Å². The first-order valence-corrected chi connectivity index (χ1v) is 5.21. The lowest BCUT2D eigenvalue weighted by molar-refractivity contribution is 0.662. The Balaban J connectivity index is 2.75. The lowest BCUT2D eigenvalue weighted by atomic mass is 10.2. The molecule has 9 heavy (non-hydrogen) atoms. The Morgan fingerprint density at radius 2 is 2.44 bits per heavy atom. The Morgan fingerprint density at radius 1 is 1.78 bits per heavy atom. The maximum atomic E-state index is 11.2. The van der Waals surface area contributed by atoms with Gasteiger partial charge in [-0.1, -0.05) is 6.92 Å². The lowest BCUT2D eigenvalue weighted by Gasteiger charge is -2.05. The van der Waals surface area contributed by atoms with Crippen molar-refractivity contribution in [3.05, 3.63) is 0 Å². The highest BCUT2D eigenvalue weighted by Gasteiger charge is 2.25. The lowest BCUT2D eigenvalue weighted by Crippen LogP contribution is -2.12. The second-order valence-electron chi connectivity index (χ2n) is 2.60. The maximum Gasteiger partial charge on any atom is 0.0470 e. The average Bonchev–Trinajstić information content (AvgIpc) is 2.08. The van der Waals surface area contributed by atoms with Gasteiger partial charge in [0.25, 0.3) is 0 Å². The van der Waals surface area contributed by atoms with Crippen LogP contribution in [0.25, 0.3) is 0 Å². The van der Waals surface area contributed by atoms with Gasteiger partial charge in [0, 0.05) is 20.7 Å². The highest BCUT2D eigenvalue weighted by Crippen LogP contribution is 2.22. The van der Waals surface area contributed by atoms with Crippen molar-refractivity contribution in [2.24, 2.45) is 0 Å². The molecule has 0 aromatic rings. The Bertz CT molecular complexity index is 183. The summed E-state index contributed by atoms with van der Waals surface area (Å²) in [4.78, 5) is 0. The fourth-order valence-electron chi connectivity index (χ4n) is 1.36. The van der Waals surface area contributed by atoms with Gasteiger partial charge in [-0.15, -0.1) is 0 Å². The quantitative estimate of drug-likeness (QED) is 0.601. The van der Waals surface area contributed by atoms with Crippen LogP contribution in [0.1, 0.15) is 26.2 Å². The SMILES string of the molecule is CCC1CCCS1(=N)=O. The van der Waals surface area contributed by atoms with Gasteiger partial charge in [0.1, 0.15) is 0 Å². The van der Waals surface area contributed by atoms with E-state index in [-0.39, 0.29) is 5.25 Å².